The molecule has 4 nitrogen and oxygen atoms in total. The van der Waals surface area contributed by atoms with Crippen molar-refractivity contribution in [2.75, 3.05) is 5.32 Å². The zero-order chi connectivity index (χ0) is 19.8. The van der Waals surface area contributed by atoms with E-state index in [1.807, 2.05) is 0 Å². The van der Waals surface area contributed by atoms with Crippen LogP contribution >= 0.6 is 15.9 Å². The number of nitrogens with one attached hydrogen (secondary N) is 1. The second-order valence-electron chi connectivity index (χ2n) is 6.63. The van der Waals surface area contributed by atoms with Gasteiger partial charge in [0.15, 0.2) is 0 Å². The van der Waals surface area contributed by atoms with E-state index >= 15 is 0 Å². The Balaban J connectivity index is 1.73. The monoisotopic (exact) mass is 462 g/mol. The Labute approximate surface area is 164 Å². The molecule has 2 unspecified atom stereocenters. The van der Waals surface area contributed by atoms with E-state index in [0.29, 0.717) is 34.0 Å². The molecular formula is C18H18BrF3N2O2S. The smallest absolute Gasteiger partial charge is 0.381 e. The lowest BCUT2D eigenvalue weighted by Crippen LogP contribution is -2.15. The predicted octanol–water partition coefficient (Wildman–Crippen LogP) is 4.29. The first-order chi connectivity index (χ1) is 12.5. The Bertz CT molecular complexity index is 931. The number of benzene rings is 2. The predicted molar refractivity (Wildman–Crippen MR) is 101 cm³/mol. The van der Waals surface area contributed by atoms with E-state index < -0.39 is 21.8 Å². The fourth-order valence-electron chi connectivity index (χ4n) is 2.82. The Morgan fingerprint density at radius 3 is 2.30 bits per heavy atom. The number of halogens is 4. The number of sulfonamides is 1. The molecule has 1 fully saturated rings. The van der Waals surface area contributed by atoms with Crippen molar-refractivity contribution >= 4 is 31.6 Å². The van der Waals surface area contributed by atoms with Crippen LogP contribution in [0.1, 0.15) is 23.1 Å². The van der Waals surface area contributed by atoms with Crippen LogP contribution in [-0.4, -0.2) is 13.2 Å². The lowest BCUT2D eigenvalue weighted by atomic mass is 10.1. The van der Waals surface area contributed by atoms with Crippen molar-refractivity contribution in [1.82, 2.24) is 0 Å². The minimum absolute atomic E-state index is 0.0755. The highest BCUT2D eigenvalue weighted by molar-refractivity contribution is 9.09. The topological polar surface area (TPSA) is 72.2 Å². The van der Waals surface area contributed by atoms with Gasteiger partial charge in [0.2, 0.25) is 10.0 Å². The third-order valence-corrected chi connectivity index (χ3v) is 6.58. The minimum atomic E-state index is -4.37. The summed E-state index contributed by atoms with van der Waals surface area (Å²) in [6, 6.07) is 9.75. The number of hydrogen-bond acceptors (Lipinski definition) is 3. The summed E-state index contributed by atoms with van der Waals surface area (Å²) in [5, 5.41) is 8.37. The lowest BCUT2D eigenvalue weighted by molar-refractivity contribution is -0.137. The van der Waals surface area contributed by atoms with Crippen molar-refractivity contribution in [1.29, 1.82) is 0 Å². The highest BCUT2D eigenvalue weighted by atomic mass is 79.9. The van der Waals surface area contributed by atoms with Gasteiger partial charge in [0.05, 0.1) is 10.5 Å². The molecule has 2 aromatic rings. The molecule has 3 rings (SSSR count). The van der Waals surface area contributed by atoms with Gasteiger partial charge >= 0.3 is 6.18 Å². The van der Waals surface area contributed by atoms with E-state index in [1.54, 1.807) is 12.1 Å². The number of nitrogens with two attached hydrogens (primary N) is 1. The molecular weight excluding hydrogens is 445 g/mol. The van der Waals surface area contributed by atoms with E-state index in [4.69, 9.17) is 5.14 Å². The van der Waals surface area contributed by atoms with Crippen molar-refractivity contribution in [2.24, 2.45) is 11.1 Å². The standard InChI is InChI=1S/C18H18BrF3N2O2S/c19-16-8-13(16)7-12-3-6-15(9-17(12)27(23,25)26)24-10-11-1-4-14(5-2-11)18(20,21)22/h1-6,9,13,16,24H,7-8,10H2,(H2,23,25,26). The van der Waals surface area contributed by atoms with Crippen LogP contribution in [0.4, 0.5) is 18.9 Å². The van der Waals surface area contributed by atoms with Gasteiger partial charge in [-0.25, -0.2) is 13.6 Å². The first-order valence-corrected chi connectivity index (χ1v) is 10.7. The quantitative estimate of drug-likeness (QED) is 0.628. The summed E-state index contributed by atoms with van der Waals surface area (Å²) in [7, 11) is -3.88. The van der Waals surface area contributed by atoms with Crippen molar-refractivity contribution in [3.63, 3.8) is 0 Å². The van der Waals surface area contributed by atoms with E-state index in [9.17, 15) is 21.6 Å². The van der Waals surface area contributed by atoms with Gasteiger partial charge in [-0.15, -0.1) is 0 Å². The van der Waals surface area contributed by atoms with Crippen molar-refractivity contribution < 1.29 is 21.6 Å². The molecule has 0 radical (unpaired) electrons. The third kappa shape index (κ3) is 5.24. The van der Waals surface area contributed by atoms with Crippen LogP contribution in [0.2, 0.25) is 0 Å². The molecule has 1 aliphatic carbocycles. The summed E-state index contributed by atoms with van der Waals surface area (Å²) in [5.74, 6) is 0.399. The average molecular weight is 463 g/mol. The van der Waals surface area contributed by atoms with Gasteiger partial charge < -0.3 is 5.32 Å². The van der Waals surface area contributed by atoms with Crippen LogP contribution in [0.5, 0.6) is 0 Å². The molecule has 3 N–H and O–H groups in total. The molecule has 9 heteroatoms. The van der Waals surface area contributed by atoms with E-state index in [0.717, 1.165) is 18.6 Å². The minimum Gasteiger partial charge on any atom is -0.381 e. The summed E-state index contributed by atoms with van der Waals surface area (Å²) in [6.07, 6.45) is -2.75. The summed E-state index contributed by atoms with van der Waals surface area (Å²) in [4.78, 5) is 0.481. The van der Waals surface area contributed by atoms with Crippen LogP contribution in [0.25, 0.3) is 0 Å². The highest BCUT2D eigenvalue weighted by Gasteiger charge is 2.35. The van der Waals surface area contributed by atoms with Gasteiger partial charge in [-0.2, -0.15) is 13.2 Å². The Kier molecular flexibility index (Phi) is 5.56. The molecule has 2 aromatic carbocycles. The van der Waals surface area contributed by atoms with Crippen molar-refractivity contribution in [3.8, 4) is 0 Å². The zero-order valence-corrected chi connectivity index (χ0v) is 16.5. The Morgan fingerprint density at radius 2 is 1.78 bits per heavy atom. The third-order valence-electron chi connectivity index (χ3n) is 4.47. The van der Waals surface area contributed by atoms with Crippen LogP contribution < -0.4 is 10.5 Å². The molecule has 0 spiro atoms. The molecule has 0 amide bonds. The van der Waals surface area contributed by atoms with Gasteiger partial charge in [0, 0.05) is 17.1 Å². The molecule has 0 saturated heterocycles. The van der Waals surface area contributed by atoms with Gasteiger partial charge in [-0.3, -0.25) is 0 Å². The molecule has 146 valence electrons. The zero-order valence-electron chi connectivity index (χ0n) is 14.1. The van der Waals surface area contributed by atoms with Crippen LogP contribution in [0, 0.1) is 5.92 Å². The summed E-state index contributed by atoms with van der Waals surface area (Å²) in [6.45, 7) is 0.258. The largest absolute Gasteiger partial charge is 0.416 e. The van der Waals surface area contributed by atoms with Crippen molar-refractivity contribution in [2.45, 2.75) is 35.3 Å². The lowest BCUT2D eigenvalue weighted by Gasteiger charge is -2.13. The van der Waals surface area contributed by atoms with Gasteiger partial charge in [0.1, 0.15) is 0 Å². The number of rotatable bonds is 6. The number of primary sulfonamides is 1. The molecule has 27 heavy (non-hydrogen) atoms. The van der Waals surface area contributed by atoms with Crippen LogP contribution in [0.3, 0.4) is 0 Å². The molecule has 1 saturated carbocycles. The van der Waals surface area contributed by atoms with Gasteiger partial charge in [-0.05, 0) is 54.2 Å². The Hall–Kier alpha value is -1.58. The maximum atomic E-state index is 12.6. The van der Waals surface area contributed by atoms with E-state index in [1.165, 1.54) is 18.2 Å². The molecule has 0 aromatic heterocycles. The summed E-state index contributed by atoms with van der Waals surface area (Å²) < 4.78 is 61.6. The SMILES string of the molecule is NS(=O)(=O)c1cc(NCc2ccc(C(F)(F)F)cc2)ccc1CC1CC1Br. The first-order valence-electron chi connectivity index (χ1n) is 8.24. The molecule has 0 heterocycles. The number of hydrogen-bond donors (Lipinski definition) is 2. The second-order valence-corrected chi connectivity index (χ2v) is 9.34. The van der Waals surface area contributed by atoms with Gasteiger partial charge in [0.25, 0.3) is 0 Å². The molecule has 2 atom stereocenters. The number of anilines is 1. The molecule has 1 aliphatic rings. The maximum Gasteiger partial charge on any atom is 0.416 e. The van der Waals surface area contributed by atoms with Crippen molar-refractivity contribution in [3.05, 3.63) is 59.2 Å². The van der Waals surface area contributed by atoms with Gasteiger partial charge in [-0.1, -0.05) is 34.1 Å². The van der Waals surface area contributed by atoms with E-state index in [-0.39, 0.29) is 11.4 Å². The van der Waals surface area contributed by atoms with Crippen LogP contribution in [-0.2, 0) is 29.2 Å². The summed E-state index contributed by atoms with van der Waals surface area (Å²) in [5.41, 5.74) is 1.14. The van der Waals surface area contributed by atoms with Crippen LogP contribution in [0.15, 0.2) is 47.4 Å². The fourth-order valence-corrected chi connectivity index (χ4v) is 4.29. The average Bonchev–Trinajstić information content (AvgIpc) is 3.27. The van der Waals surface area contributed by atoms with E-state index in [2.05, 4.69) is 21.2 Å². The normalized spacial score (nSPS) is 19.7. The number of alkyl halides is 4. The second kappa shape index (κ2) is 7.44. The molecule has 0 aliphatic heterocycles. The summed E-state index contributed by atoms with van der Waals surface area (Å²) >= 11 is 3.50. The Morgan fingerprint density at radius 1 is 1.15 bits per heavy atom. The first kappa shape index (κ1) is 20.2. The highest BCUT2D eigenvalue weighted by Crippen LogP contribution is 2.41. The fraction of sp³-hybridized carbons (Fsp3) is 0.333. The maximum absolute atomic E-state index is 12.6. The molecule has 0 bridgehead atoms.